The van der Waals surface area contributed by atoms with Crippen molar-refractivity contribution >= 4 is 17.6 Å². The highest BCUT2D eigenvalue weighted by atomic mass is 35.5. The van der Waals surface area contributed by atoms with Crippen LogP contribution in [0, 0.1) is 0 Å². The molecule has 1 saturated heterocycles. The van der Waals surface area contributed by atoms with E-state index < -0.39 is 0 Å². The van der Waals surface area contributed by atoms with Crippen molar-refractivity contribution in [3.63, 3.8) is 0 Å². The summed E-state index contributed by atoms with van der Waals surface area (Å²) in [5.74, 6) is 1.94. The molecule has 0 atom stereocenters. The minimum atomic E-state index is 0.430. The molecule has 8 nitrogen and oxygen atoms in total. The number of ether oxygens (including phenoxy) is 1. The molecule has 1 aliphatic rings. The monoisotopic (exact) mass is 434 g/mol. The Labute approximate surface area is 183 Å². The third-order valence-electron chi connectivity index (χ3n) is 5.03. The molecule has 1 fully saturated rings. The molecule has 0 aliphatic carbocycles. The molecule has 0 radical (unpaired) electrons. The van der Waals surface area contributed by atoms with Crippen molar-refractivity contribution in [2.24, 2.45) is 4.99 Å². The molecule has 1 aliphatic heterocycles. The SMILES string of the molecule is CCNC(=NCCc1nc(-c2cccc(Cl)c2)no1)NC1CCN(CCOC)CC1. The molecule has 0 saturated carbocycles. The highest BCUT2D eigenvalue weighted by Gasteiger charge is 2.19. The van der Waals surface area contributed by atoms with Crippen LogP contribution in [0.3, 0.4) is 0 Å². The number of nitrogens with one attached hydrogen (secondary N) is 2. The number of aromatic nitrogens is 2. The number of nitrogens with zero attached hydrogens (tertiary/aromatic N) is 4. The highest BCUT2D eigenvalue weighted by Crippen LogP contribution is 2.20. The van der Waals surface area contributed by atoms with Gasteiger partial charge in [0.05, 0.1) is 13.2 Å². The quantitative estimate of drug-likeness (QED) is 0.463. The van der Waals surface area contributed by atoms with Crippen LogP contribution in [0.25, 0.3) is 11.4 Å². The van der Waals surface area contributed by atoms with E-state index in [-0.39, 0.29) is 0 Å². The number of piperidine rings is 1. The smallest absolute Gasteiger partial charge is 0.228 e. The maximum atomic E-state index is 6.03. The first-order valence-electron chi connectivity index (χ1n) is 10.5. The van der Waals surface area contributed by atoms with Crippen molar-refractivity contribution in [2.75, 3.05) is 46.4 Å². The van der Waals surface area contributed by atoms with Gasteiger partial charge in [-0.2, -0.15) is 4.98 Å². The summed E-state index contributed by atoms with van der Waals surface area (Å²) in [5, 5.41) is 11.6. The lowest BCUT2D eigenvalue weighted by molar-refractivity contribution is 0.128. The summed E-state index contributed by atoms with van der Waals surface area (Å²) >= 11 is 6.03. The third kappa shape index (κ3) is 6.97. The van der Waals surface area contributed by atoms with Gasteiger partial charge in [-0.25, -0.2) is 0 Å². The average Bonchev–Trinajstić information content (AvgIpc) is 3.22. The van der Waals surface area contributed by atoms with E-state index in [9.17, 15) is 0 Å². The first-order chi connectivity index (χ1) is 14.7. The number of hydrogen-bond acceptors (Lipinski definition) is 6. The van der Waals surface area contributed by atoms with Gasteiger partial charge in [0, 0.05) is 56.3 Å². The lowest BCUT2D eigenvalue weighted by Crippen LogP contribution is -2.49. The maximum Gasteiger partial charge on any atom is 0.228 e. The van der Waals surface area contributed by atoms with Crippen molar-refractivity contribution in [1.29, 1.82) is 0 Å². The number of halogens is 1. The normalized spacial score (nSPS) is 16.0. The fourth-order valence-corrected chi connectivity index (χ4v) is 3.59. The molecular formula is C21H31ClN6O2. The molecule has 164 valence electrons. The van der Waals surface area contributed by atoms with E-state index in [1.54, 1.807) is 7.11 Å². The van der Waals surface area contributed by atoms with Gasteiger partial charge in [-0.1, -0.05) is 28.9 Å². The molecule has 2 N–H and O–H groups in total. The predicted molar refractivity (Wildman–Crippen MR) is 119 cm³/mol. The van der Waals surface area contributed by atoms with E-state index in [1.807, 2.05) is 24.3 Å². The Morgan fingerprint density at radius 3 is 2.93 bits per heavy atom. The Morgan fingerprint density at radius 2 is 2.20 bits per heavy atom. The summed E-state index contributed by atoms with van der Waals surface area (Å²) in [4.78, 5) is 11.6. The molecule has 2 heterocycles. The second-order valence-electron chi connectivity index (χ2n) is 7.29. The van der Waals surface area contributed by atoms with Crippen LogP contribution >= 0.6 is 11.6 Å². The number of benzene rings is 1. The van der Waals surface area contributed by atoms with Gasteiger partial charge in [0.2, 0.25) is 11.7 Å². The lowest BCUT2D eigenvalue weighted by atomic mass is 10.1. The number of rotatable bonds is 9. The van der Waals surface area contributed by atoms with E-state index in [2.05, 4.69) is 37.6 Å². The van der Waals surface area contributed by atoms with Crippen molar-refractivity contribution in [3.05, 3.63) is 35.2 Å². The maximum absolute atomic E-state index is 6.03. The average molecular weight is 435 g/mol. The Balaban J connectivity index is 1.48. The zero-order chi connectivity index (χ0) is 21.2. The van der Waals surface area contributed by atoms with Crippen LogP contribution in [0.1, 0.15) is 25.7 Å². The van der Waals surface area contributed by atoms with Gasteiger partial charge < -0.3 is 24.8 Å². The summed E-state index contributed by atoms with van der Waals surface area (Å²) in [5.41, 5.74) is 0.841. The first-order valence-corrected chi connectivity index (χ1v) is 10.9. The Bertz CT molecular complexity index is 804. The molecule has 2 aromatic rings. The van der Waals surface area contributed by atoms with Gasteiger partial charge in [0.15, 0.2) is 5.96 Å². The molecule has 9 heteroatoms. The topological polar surface area (TPSA) is 87.8 Å². The van der Waals surface area contributed by atoms with Gasteiger partial charge in [-0.3, -0.25) is 4.99 Å². The number of likely N-dealkylation sites (tertiary alicyclic amines) is 1. The molecule has 30 heavy (non-hydrogen) atoms. The summed E-state index contributed by atoms with van der Waals surface area (Å²) in [6, 6.07) is 7.85. The molecule has 0 unspecified atom stereocenters. The van der Waals surface area contributed by atoms with E-state index in [0.29, 0.717) is 35.7 Å². The van der Waals surface area contributed by atoms with Crippen LogP contribution in [0.15, 0.2) is 33.8 Å². The fourth-order valence-electron chi connectivity index (χ4n) is 3.40. The lowest BCUT2D eigenvalue weighted by Gasteiger charge is -2.32. The Kier molecular flexibility index (Phi) is 8.92. The van der Waals surface area contributed by atoms with E-state index in [4.69, 9.17) is 20.9 Å². The van der Waals surface area contributed by atoms with E-state index in [1.165, 1.54) is 0 Å². The Hall–Kier alpha value is -2.16. The molecular weight excluding hydrogens is 404 g/mol. The minimum Gasteiger partial charge on any atom is -0.383 e. The third-order valence-corrected chi connectivity index (χ3v) is 5.27. The van der Waals surface area contributed by atoms with Gasteiger partial charge in [-0.15, -0.1) is 0 Å². The fraction of sp³-hybridized carbons (Fsp3) is 0.571. The van der Waals surface area contributed by atoms with Crippen LogP contribution in [-0.4, -0.2) is 73.5 Å². The summed E-state index contributed by atoms with van der Waals surface area (Å²) in [7, 11) is 1.75. The summed E-state index contributed by atoms with van der Waals surface area (Å²) in [6.07, 6.45) is 2.78. The molecule has 0 spiro atoms. The molecule has 1 aromatic carbocycles. The second kappa shape index (κ2) is 11.9. The predicted octanol–water partition coefficient (Wildman–Crippen LogP) is 2.60. The van der Waals surface area contributed by atoms with Gasteiger partial charge in [0.1, 0.15) is 0 Å². The van der Waals surface area contributed by atoms with E-state index in [0.717, 1.165) is 57.2 Å². The van der Waals surface area contributed by atoms with Gasteiger partial charge in [-0.05, 0) is 31.9 Å². The summed E-state index contributed by atoms with van der Waals surface area (Å²) < 4.78 is 10.5. The van der Waals surface area contributed by atoms with Crippen LogP contribution in [0.4, 0.5) is 0 Å². The van der Waals surface area contributed by atoms with Gasteiger partial charge in [0.25, 0.3) is 0 Å². The van der Waals surface area contributed by atoms with Crippen molar-refractivity contribution in [1.82, 2.24) is 25.7 Å². The zero-order valence-electron chi connectivity index (χ0n) is 17.7. The largest absolute Gasteiger partial charge is 0.383 e. The second-order valence-corrected chi connectivity index (χ2v) is 7.72. The first kappa shape index (κ1) is 22.5. The van der Waals surface area contributed by atoms with Gasteiger partial charge >= 0.3 is 0 Å². The van der Waals surface area contributed by atoms with Crippen LogP contribution in [0.5, 0.6) is 0 Å². The molecule has 3 rings (SSSR count). The molecule has 0 amide bonds. The highest BCUT2D eigenvalue weighted by molar-refractivity contribution is 6.30. The zero-order valence-corrected chi connectivity index (χ0v) is 18.5. The summed E-state index contributed by atoms with van der Waals surface area (Å²) in [6.45, 7) is 7.40. The number of methoxy groups -OCH3 is 1. The van der Waals surface area contributed by atoms with Crippen molar-refractivity contribution < 1.29 is 9.26 Å². The van der Waals surface area contributed by atoms with E-state index >= 15 is 0 Å². The van der Waals surface area contributed by atoms with Crippen LogP contribution < -0.4 is 10.6 Å². The van der Waals surface area contributed by atoms with Crippen LogP contribution in [-0.2, 0) is 11.2 Å². The molecule has 0 bridgehead atoms. The number of hydrogen-bond donors (Lipinski definition) is 2. The number of aliphatic imine (C=N–C) groups is 1. The van der Waals surface area contributed by atoms with Crippen molar-refractivity contribution in [2.45, 2.75) is 32.2 Å². The number of guanidine groups is 1. The minimum absolute atomic E-state index is 0.430. The van der Waals surface area contributed by atoms with Crippen molar-refractivity contribution in [3.8, 4) is 11.4 Å². The standard InChI is InChI=1S/C21H31ClN6O2/c1-3-23-21(25-18-8-11-28(12-9-18)13-14-29-2)24-10-7-19-26-20(27-30-19)16-5-4-6-17(22)15-16/h4-6,15,18H,3,7-14H2,1-2H3,(H2,23,24,25). The van der Waals surface area contributed by atoms with Crippen LogP contribution in [0.2, 0.25) is 5.02 Å². The molecule has 1 aromatic heterocycles. The Morgan fingerprint density at radius 1 is 1.37 bits per heavy atom.